The molecule has 0 unspecified atom stereocenters. The molecule has 5 nitrogen and oxygen atoms in total. The van der Waals surface area contributed by atoms with Crippen LogP contribution in [0.25, 0.3) is 10.9 Å². The van der Waals surface area contributed by atoms with Crippen LogP contribution in [0.1, 0.15) is 33.8 Å². The first-order chi connectivity index (χ1) is 11.7. The number of anilines is 1. The van der Waals surface area contributed by atoms with Crippen molar-refractivity contribution in [3.8, 4) is 5.75 Å². The standard InChI is InChI=1S/C18H17N3O2S/c1-23-11-6-7-14-13(10-11)12(8-9-19-14)17(22)21-18-20-15-4-2-3-5-16(15)24-18/h6-10H,2-5H2,1H3,(H,20,21,22). The summed E-state index contributed by atoms with van der Waals surface area (Å²) in [6.45, 7) is 0. The minimum Gasteiger partial charge on any atom is -0.497 e. The summed E-state index contributed by atoms with van der Waals surface area (Å²) in [6, 6.07) is 7.26. The summed E-state index contributed by atoms with van der Waals surface area (Å²) in [5, 5.41) is 4.40. The molecule has 1 aliphatic carbocycles. The molecule has 0 radical (unpaired) electrons. The highest BCUT2D eigenvalue weighted by molar-refractivity contribution is 7.15. The number of rotatable bonds is 3. The fourth-order valence-corrected chi connectivity index (χ4v) is 4.07. The van der Waals surface area contributed by atoms with E-state index in [9.17, 15) is 4.79 Å². The highest BCUT2D eigenvalue weighted by atomic mass is 32.1. The van der Waals surface area contributed by atoms with Crippen molar-refractivity contribution in [3.05, 3.63) is 46.6 Å². The number of nitrogens with one attached hydrogen (secondary N) is 1. The molecule has 4 rings (SSSR count). The quantitative estimate of drug-likeness (QED) is 0.787. The SMILES string of the molecule is COc1ccc2nccc(C(=O)Nc3nc4c(s3)CCCC4)c2c1. The predicted molar refractivity (Wildman–Crippen MR) is 95.0 cm³/mol. The van der Waals surface area contributed by atoms with E-state index in [-0.39, 0.29) is 5.91 Å². The molecule has 0 spiro atoms. The number of hydrogen-bond acceptors (Lipinski definition) is 5. The molecular weight excluding hydrogens is 322 g/mol. The second kappa shape index (κ2) is 6.20. The zero-order valence-corrected chi connectivity index (χ0v) is 14.2. The maximum Gasteiger partial charge on any atom is 0.258 e. The van der Waals surface area contributed by atoms with Gasteiger partial charge in [-0.1, -0.05) is 0 Å². The molecule has 122 valence electrons. The minimum absolute atomic E-state index is 0.165. The molecule has 1 aromatic carbocycles. The molecule has 1 amide bonds. The minimum atomic E-state index is -0.165. The topological polar surface area (TPSA) is 64.1 Å². The third kappa shape index (κ3) is 2.73. The smallest absolute Gasteiger partial charge is 0.258 e. The number of carbonyl (C=O) groups excluding carboxylic acids is 1. The maximum atomic E-state index is 12.7. The number of thiazole rings is 1. The van der Waals surface area contributed by atoms with Crippen LogP contribution in [0.15, 0.2) is 30.5 Å². The van der Waals surface area contributed by atoms with E-state index in [1.807, 2.05) is 18.2 Å². The zero-order chi connectivity index (χ0) is 16.5. The van der Waals surface area contributed by atoms with Crippen molar-refractivity contribution in [1.82, 2.24) is 9.97 Å². The Bertz CT molecular complexity index is 896. The first kappa shape index (κ1) is 15.1. The number of carbonyl (C=O) groups is 1. The summed E-state index contributed by atoms with van der Waals surface area (Å²) in [7, 11) is 1.61. The summed E-state index contributed by atoms with van der Waals surface area (Å²) in [4.78, 5) is 22.9. The van der Waals surface area contributed by atoms with E-state index in [2.05, 4.69) is 15.3 Å². The average molecular weight is 339 g/mol. The molecular formula is C18H17N3O2S. The lowest BCUT2D eigenvalue weighted by atomic mass is 10.0. The summed E-state index contributed by atoms with van der Waals surface area (Å²) in [5.74, 6) is 0.538. The first-order valence-corrected chi connectivity index (χ1v) is 8.79. The van der Waals surface area contributed by atoms with Gasteiger partial charge in [-0.2, -0.15) is 0 Å². The third-order valence-corrected chi connectivity index (χ3v) is 5.33. The van der Waals surface area contributed by atoms with E-state index in [1.54, 1.807) is 30.7 Å². The van der Waals surface area contributed by atoms with Crippen molar-refractivity contribution in [1.29, 1.82) is 0 Å². The van der Waals surface area contributed by atoms with Gasteiger partial charge in [-0.05, 0) is 49.9 Å². The summed E-state index contributed by atoms with van der Waals surface area (Å²) >= 11 is 1.59. The van der Waals surface area contributed by atoms with Crippen LogP contribution in [-0.2, 0) is 12.8 Å². The number of pyridine rings is 1. The van der Waals surface area contributed by atoms with Gasteiger partial charge in [0.2, 0.25) is 0 Å². The van der Waals surface area contributed by atoms with E-state index < -0.39 is 0 Å². The van der Waals surface area contributed by atoms with Gasteiger partial charge in [0.25, 0.3) is 5.91 Å². The lowest BCUT2D eigenvalue weighted by Gasteiger charge is -2.07. The van der Waals surface area contributed by atoms with Crippen molar-refractivity contribution in [2.75, 3.05) is 12.4 Å². The number of benzene rings is 1. The highest BCUT2D eigenvalue weighted by Crippen LogP contribution is 2.30. The molecule has 2 aromatic heterocycles. The average Bonchev–Trinajstić information content (AvgIpc) is 3.02. The Morgan fingerprint density at radius 3 is 2.96 bits per heavy atom. The lowest BCUT2D eigenvalue weighted by Crippen LogP contribution is -2.12. The number of aryl methyl sites for hydroxylation is 2. The summed E-state index contributed by atoms with van der Waals surface area (Å²) in [6.07, 6.45) is 6.11. The number of hydrogen-bond donors (Lipinski definition) is 1. The second-order valence-electron chi connectivity index (χ2n) is 5.79. The molecule has 3 aromatic rings. The highest BCUT2D eigenvalue weighted by Gasteiger charge is 2.18. The van der Waals surface area contributed by atoms with E-state index in [1.165, 1.54) is 17.7 Å². The number of amides is 1. The third-order valence-electron chi connectivity index (χ3n) is 4.26. The van der Waals surface area contributed by atoms with Crippen molar-refractivity contribution in [2.24, 2.45) is 0 Å². The normalized spacial score (nSPS) is 13.5. The number of fused-ring (bicyclic) bond motifs is 2. The van der Waals surface area contributed by atoms with Crippen LogP contribution in [0, 0.1) is 0 Å². The molecule has 1 aliphatic rings. The van der Waals surface area contributed by atoms with Crippen LogP contribution in [0.2, 0.25) is 0 Å². The van der Waals surface area contributed by atoms with Crippen LogP contribution < -0.4 is 10.1 Å². The van der Waals surface area contributed by atoms with E-state index in [4.69, 9.17) is 4.74 Å². The van der Waals surface area contributed by atoms with E-state index in [0.29, 0.717) is 16.4 Å². The van der Waals surface area contributed by atoms with Gasteiger partial charge < -0.3 is 4.74 Å². The maximum absolute atomic E-state index is 12.7. The van der Waals surface area contributed by atoms with Crippen LogP contribution >= 0.6 is 11.3 Å². The summed E-state index contributed by atoms with van der Waals surface area (Å²) < 4.78 is 5.26. The molecule has 0 saturated carbocycles. The van der Waals surface area contributed by atoms with Crippen LogP contribution in [0.4, 0.5) is 5.13 Å². The van der Waals surface area contributed by atoms with Gasteiger partial charge in [-0.3, -0.25) is 15.1 Å². The fourth-order valence-electron chi connectivity index (χ4n) is 3.02. The number of methoxy groups -OCH3 is 1. The van der Waals surface area contributed by atoms with Gasteiger partial charge in [-0.25, -0.2) is 4.98 Å². The van der Waals surface area contributed by atoms with Crippen molar-refractivity contribution < 1.29 is 9.53 Å². The van der Waals surface area contributed by atoms with Crippen LogP contribution in [-0.4, -0.2) is 23.0 Å². The molecule has 2 heterocycles. The second-order valence-corrected chi connectivity index (χ2v) is 6.88. The molecule has 0 fully saturated rings. The molecule has 1 N–H and O–H groups in total. The largest absolute Gasteiger partial charge is 0.497 e. The Balaban J connectivity index is 1.66. The number of nitrogens with zero attached hydrogens (tertiary/aromatic N) is 2. The van der Waals surface area contributed by atoms with Crippen molar-refractivity contribution >= 4 is 33.3 Å². The molecule has 6 heteroatoms. The van der Waals surface area contributed by atoms with Crippen molar-refractivity contribution in [3.63, 3.8) is 0 Å². The fraction of sp³-hybridized carbons (Fsp3) is 0.278. The van der Waals surface area contributed by atoms with Crippen molar-refractivity contribution in [2.45, 2.75) is 25.7 Å². The Hall–Kier alpha value is -2.47. The molecule has 0 aliphatic heterocycles. The Labute approximate surface area is 143 Å². The Morgan fingerprint density at radius 2 is 2.12 bits per heavy atom. The zero-order valence-electron chi connectivity index (χ0n) is 13.3. The predicted octanol–water partition coefficient (Wildman–Crippen LogP) is 3.83. The van der Waals surface area contributed by atoms with E-state index >= 15 is 0 Å². The van der Waals surface area contributed by atoms with Gasteiger partial charge in [-0.15, -0.1) is 11.3 Å². The summed E-state index contributed by atoms with van der Waals surface area (Å²) in [5.41, 5.74) is 2.48. The van der Waals surface area contributed by atoms with Gasteiger partial charge in [0.05, 0.1) is 23.9 Å². The monoisotopic (exact) mass is 339 g/mol. The first-order valence-electron chi connectivity index (χ1n) is 7.97. The van der Waals surface area contributed by atoms with Crippen LogP contribution in [0.3, 0.4) is 0 Å². The van der Waals surface area contributed by atoms with Gasteiger partial charge in [0.1, 0.15) is 5.75 Å². The number of aromatic nitrogens is 2. The lowest BCUT2D eigenvalue weighted by molar-refractivity contribution is 0.102. The van der Waals surface area contributed by atoms with Gasteiger partial charge >= 0.3 is 0 Å². The molecule has 0 bridgehead atoms. The molecule has 0 atom stereocenters. The Morgan fingerprint density at radius 1 is 1.25 bits per heavy atom. The van der Waals surface area contributed by atoms with Gasteiger partial charge in [0.15, 0.2) is 5.13 Å². The van der Waals surface area contributed by atoms with E-state index in [0.717, 1.165) is 29.4 Å². The molecule has 0 saturated heterocycles. The molecule has 24 heavy (non-hydrogen) atoms. The Kier molecular flexibility index (Phi) is 3.90. The van der Waals surface area contributed by atoms with Crippen LogP contribution in [0.5, 0.6) is 5.75 Å². The van der Waals surface area contributed by atoms with Gasteiger partial charge in [0, 0.05) is 16.5 Å². The number of ether oxygens (including phenoxy) is 1.